The molecular formula is C20H23ClN4O4. The molecule has 3 rings (SSSR count). The lowest BCUT2D eigenvalue weighted by atomic mass is 10.1. The van der Waals surface area contributed by atoms with Crippen molar-refractivity contribution in [2.75, 3.05) is 55.0 Å². The third-order valence-electron chi connectivity index (χ3n) is 4.74. The number of nitrogens with one attached hydrogen (secondary N) is 1. The molecule has 1 aliphatic rings. The fraction of sp³-hybridized carbons (Fsp3) is 0.350. The molecule has 0 radical (unpaired) electrons. The number of aryl methyl sites for hydroxylation is 1. The lowest BCUT2D eigenvalue weighted by Crippen LogP contribution is -2.36. The number of benzene rings is 2. The number of nitro groups is 1. The second-order valence-electron chi connectivity index (χ2n) is 6.90. The highest BCUT2D eigenvalue weighted by Crippen LogP contribution is 2.33. The molecule has 9 heteroatoms. The van der Waals surface area contributed by atoms with Gasteiger partial charge in [0.05, 0.1) is 35.4 Å². The standard InChI is InChI=1S/C20H23ClN4O4/c1-14-11-17(25(27)28)12-18(21)20(14)23(2)13-19(26)22-15-3-5-16(6-4-15)24-7-9-29-10-8-24/h3-6,11-12H,7-10,13H2,1-2H3,(H,22,26). The van der Waals surface area contributed by atoms with Gasteiger partial charge < -0.3 is 19.9 Å². The molecule has 2 aromatic rings. The van der Waals surface area contributed by atoms with Gasteiger partial charge in [-0.25, -0.2) is 0 Å². The van der Waals surface area contributed by atoms with Crippen LogP contribution in [-0.4, -0.2) is 50.7 Å². The SMILES string of the molecule is Cc1cc([N+](=O)[O-])cc(Cl)c1N(C)CC(=O)Nc1ccc(N2CCOCC2)cc1. The first-order valence-corrected chi connectivity index (χ1v) is 9.61. The van der Waals surface area contributed by atoms with Gasteiger partial charge >= 0.3 is 0 Å². The predicted molar refractivity (Wildman–Crippen MR) is 114 cm³/mol. The maximum absolute atomic E-state index is 12.4. The molecule has 1 saturated heterocycles. The van der Waals surface area contributed by atoms with E-state index in [0.717, 1.165) is 32.0 Å². The molecule has 8 nitrogen and oxygen atoms in total. The van der Waals surface area contributed by atoms with Crippen molar-refractivity contribution in [3.8, 4) is 0 Å². The van der Waals surface area contributed by atoms with Gasteiger partial charge in [-0.2, -0.15) is 0 Å². The fourth-order valence-electron chi connectivity index (χ4n) is 3.38. The molecule has 29 heavy (non-hydrogen) atoms. The number of nitrogens with zero attached hydrogens (tertiary/aromatic N) is 3. The van der Waals surface area contributed by atoms with Crippen molar-refractivity contribution in [1.82, 2.24) is 0 Å². The average molecular weight is 419 g/mol. The molecule has 0 aliphatic carbocycles. The van der Waals surface area contributed by atoms with E-state index in [4.69, 9.17) is 16.3 Å². The molecule has 0 spiro atoms. The Hall–Kier alpha value is -2.84. The number of carbonyl (C=O) groups is 1. The topological polar surface area (TPSA) is 88.0 Å². The molecule has 2 aromatic carbocycles. The number of amides is 1. The maximum Gasteiger partial charge on any atom is 0.271 e. The third kappa shape index (κ3) is 5.16. The molecule has 0 aromatic heterocycles. The number of hydrogen-bond acceptors (Lipinski definition) is 6. The van der Waals surface area contributed by atoms with Crippen LogP contribution in [0.1, 0.15) is 5.56 Å². The highest BCUT2D eigenvalue weighted by Gasteiger charge is 2.18. The van der Waals surface area contributed by atoms with E-state index >= 15 is 0 Å². The van der Waals surface area contributed by atoms with E-state index in [0.29, 0.717) is 16.9 Å². The molecule has 0 atom stereocenters. The Bertz CT molecular complexity index is 875. The van der Waals surface area contributed by atoms with Gasteiger partial charge in [0.1, 0.15) is 0 Å². The molecule has 1 aliphatic heterocycles. The number of ether oxygens (including phenoxy) is 1. The molecule has 0 saturated carbocycles. The van der Waals surface area contributed by atoms with E-state index in [1.807, 2.05) is 24.3 Å². The van der Waals surface area contributed by atoms with Crippen molar-refractivity contribution in [2.45, 2.75) is 6.92 Å². The number of hydrogen-bond donors (Lipinski definition) is 1. The van der Waals surface area contributed by atoms with Crippen LogP contribution in [0.15, 0.2) is 36.4 Å². The first-order valence-electron chi connectivity index (χ1n) is 9.23. The summed E-state index contributed by atoms with van der Waals surface area (Å²) in [4.78, 5) is 26.8. The van der Waals surface area contributed by atoms with Gasteiger partial charge in [0.15, 0.2) is 0 Å². The number of likely N-dealkylation sites (N-methyl/N-ethyl adjacent to an activating group) is 1. The number of morpholine rings is 1. The van der Waals surface area contributed by atoms with E-state index in [2.05, 4.69) is 10.2 Å². The zero-order valence-electron chi connectivity index (χ0n) is 16.4. The smallest absolute Gasteiger partial charge is 0.271 e. The van der Waals surface area contributed by atoms with Gasteiger partial charge in [0, 0.05) is 43.6 Å². The minimum absolute atomic E-state index is 0.0591. The van der Waals surface area contributed by atoms with Gasteiger partial charge in [-0.1, -0.05) is 11.6 Å². The number of nitro benzene ring substituents is 1. The van der Waals surface area contributed by atoms with Crippen LogP contribution in [0.2, 0.25) is 5.02 Å². The zero-order chi connectivity index (χ0) is 21.0. The fourth-order valence-corrected chi connectivity index (χ4v) is 3.78. The maximum atomic E-state index is 12.4. The van der Waals surface area contributed by atoms with Crippen LogP contribution in [-0.2, 0) is 9.53 Å². The Morgan fingerprint density at radius 1 is 1.28 bits per heavy atom. The first-order chi connectivity index (χ1) is 13.8. The molecule has 1 amide bonds. The Kier molecular flexibility index (Phi) is 6.56. The highest BCUT2D eigenvalue weighted by atomic mass is 35.5. The minimum atomic E-state index is -0.490. The summed E-state index contributed by atoms with van der Waals surface area (Å²) >= 11 is 6.22. The summed E-state index contributed by atoms with van der Waals surface area (Å²) in [5.41, 5.74) is 2.95. The summed E-state index contributed by atoms with van der Waals surface area (Å²) in [6, 6.07) is 10.4. The normalized spacial score (nSPS) is 13.8. The summed E-state index contributed by atoms with van der Waals surface area (Å²) in [6.45, 7) is 4.93. The Morgan fingerprint density at radius 2 is 1.93 bits per heavy atom. The molecular weight excluding hydrogens is 396 g/mol. The highest BCUT2D eigenvalue weighted by molar-refractivity contribution is 6.33. The zero-order valence-corrected chi connectivity index (χ0v) is 17.1. The summed E-state index contributed by atoms with van der Waals surface area (Å²) < 4.78 is 5.36. The van der Waals surface area contributed by atoms with Crippen LogP contribution in [0.4, 0.5) is 22.7 Å². The number of rotatable bonds is 6. The molecule has 1 fully saturated rings. The van der Waals surface area contributed by atoms with E-state index in [1.54, 1.807) is 18.9 Å². The lowest BCUT2D eigenvalue weighted by molar-refractivity contribution is -0.384. The van der Waals surface area contributed by atoms with Crippen molar-refractivity contribution in [1.29, 1.82) is 0 Å². The average Bonchev–Trinajstić information content (AvgIpc) is 2.68. The first kappa shape index (κ1) is 20.9. The third-order valence-corrected chi connectivity index (χ3v) is 5.03. The Balaban J connectivity index is 1.62. The summed E-state index contributed by atoms with van der Waals surface area (Å²) in [5.74, 6) is -0.208. The van der Waals surface area contributed by atoms with Crippen LogP contribution in [0.5, 0.6) is 0 Å². The summed E-state index contributed by atoms with van der Waals surface area (Å²) in [7, 11) is 1.72. The quantitative estimate of drug-likeness (QED) is 0.571. The van der Waals surface area contributed by atoms with Gasteiger partial charge in [0.2, 0.25) is 5.91 Å². The van der Waals surface area contributed by atoms with Crippen LogP contribution < -0.4 is 15.1 Å². The van der Waals surface area contributed by atoms with Crippen molar-refractivity contribution in [3.05, 3.63) is 57.1 Å². The second kappa shape index (κ2) is 9.11. The molecule has 0 unspecified atom stereocenters. The summed E-state index contributed by atoms with van der Waals surface area (Å²) in [5, 5.41) is 14.1. The van der Waals surface area contributed by atoms with Gasteiger partial charge in [-0.15, -0.1) is 0 Å². The number of anilines is 3. The largest absolute Gasteiger partial charge is 0.378 e. The number of carbonyl (C=O) groups excluding carboxylic acids is 1. The number of halogens is 1. The van der Waals surface area contributed by atoms with Gasteiger partial charge in [-0.05, 0) is 36.8 Å². The van der Waals surface area contributed by atoms with Crippen molar-refractivity contribution in [2.24, 2.45) is 0 Å². The van der Waals surface area contributed by atoms with E-state index in [9.17, 15) is 14.9 Å². The Morgan fingerprint density at radius 3 is 2.52 bits per heavy atom. The minimum Gasteiger partial charge on any atom is -0.378 e. The Labute approximate surface area is 174 Å². The van der Waals surface area contributed by atoms with Crippen LogP contribution in [0.3, 0.4) is 0 Å². The molecule has 1 N–H and O–H groups in total. The lowest BCUT2D eigenvalue weighted by Gasteiger charge is -2.29. The van der Waals surface area contributed by atoms with Crippen molar-refractivity contribution < 1.29 is 14.5 Å². The molecule has 1 heterocycles. The van der Waals surface area contributed by atoms with Crippen LogP contribution in [0, 0.1) is 17.0 Å². The van der Waals surface area contributed by atoms with E-state index < -0.39 is 4.92 Å². The second-order valence-corrected chi connectivity index (χ2v) is 7.31. The van der Waals surface area contributed by atoms with Gasteiger partial charge in [-0.3, -0.25) is 14.9 Å². The van der Waals surface area contributed by atoms with Crippen LogP contribution >= 0.6 is 11.6 Å². The van der Waals surface area contributed by atoms with E-state index in [1.165, 1.54) is 12.1 Å². The van der Waals surface area contributed by atoms with E-state index in [-0.39, 0.29) is 23.2 Å². The summed E-state index contributed by atoms with van der Waals surface area (Å²) in [6.07, 6.45) is 0. The molecule has 0 bridgehead atoms. The predicted octanol–water partition coefficient (Wildman–Crippen LogP) is 3.47. The van der Waals surface area contributed by atoms with Crippen LogP contribution in [0.25, 0.3) is 0 Å². The molecule has 154 valence electrons. The van der Waals surface area contributed by atoms with Crippen molar-refractivity contribution in [3.63, 3.8) is 0 Å². The monoisotopic (exact) mass is 418 g/mol. The van der Waals surface area contributed by atoms with Gasteiger partial charge in [0.25, 0.3) is 5.69 Å². The van der Waals surface area contributed by atoms with Crippen molar-refractivity contribution >= 4 is 40.3 Å². The number of non-ortho nitro benzene ring substituents is 1.